The van der Waals surface area contributed by atoms with Crippen molar-refractivity contribution in [1.29, 1.82) is 0 Å². The number of hydrogen-bond donors (Lipinski definition) is 1. The Balaban J connectivity index is 1.59. The highest BCUT2D eigenvalue weighted by Gasteiger charge is 2.16. The Kier molecular flexibility index (Phi) is 5.53. The summed E-state index contributed by atoms with van der Waals surface area (Å²) >= 11 is 3.38. The fourth-order valence-electron chi connectivity index (χ4n) is 3.19. The van der Waals surface area contributed by atoms with E-state index in [4.69, 9.17) is 0 Å². The lowest BCUT2D eigenvalue weighted by atomic mass is 10.1. The van der Waals surface area contributed by atoms with E-state index in [9.17, 15) is 9.59 Å². The normalized spacial score (nSPS) is 10.8. The Morgan fingerprint density at radius 1 is 0.897 bits per heavy atom. The molecule has 1 N–H and O–H groups in total. The van der Waals surface area contributed by atoms with Crippen LogP contribution in [0.3, 0.4) is 0 Å². The molecule has 6 heteroatoms. The van der Waals surface area contributed by atoms with Crippen molar-refractivity contribution in [2.75, 3.05) is 0 Å². The summed E-state index contributed by atoms with van der Waals surface area (Å²) in [4.78, 5) is 29.9. The fraction of sp³-hybridized carbons (Fsp3) is 0.0870. The molecule has 0 bridgehead atoms. The number of ketones is 1. The lowest BCUT2D eigenvalue weighted by molar-refractivity contribution is 0.0949. The molecular formula is C23H18BrN3O2. The minimum Gasteiger partial charge on any atom is -0.345 e. The molecule has 29 heavy (non-hydrogen) atoms. The van der Waals surface area contributed by atoms with Crippen LogP contribution in [0.25, 0.3) is 11.0 Å². The van der Waals surface area contributed by atoms with Crippen LogP contribution in [0.15, 0.2) is 83.3 Å². The number of carbonyl (C=O) groups excluding carboxylic acids is 2. The highest BCUT2D eigenvalue weighted by atomic mass is 79.9. The zero-order chi connectivity index (χ0) is 20.2. The second-order valence-electron chi connectivity index (χ2n) is 6.59. The second kappa shape index (κ2) is 8.41. The molecule has 0 saturated carbocycles. The van der Waals surface area contributed by atoms with Gasteiger partial charge in [0.05, 0.1) is 24.1 Å². The first-order valence-electron chi connectivity index (χ1n) is 9.18. The van der Waals surface area contributed by atoms with E-state index < -0.39 is 0 Å². The summed E-state index contributed by atoms with van der Waals surface area (Å²) in [5.74, 6) is 0.437. The predicted octanol–water partition coefficient (Wildman–Crippen LogP) is 4.61. The average Bonchev–Trinajstić information content (AvgIpc) is 3.10. The molecule has 4 aromatic rings. The SMILES string of the molecule is O=C(Cn1c(CNC(=O)c2cccc(Br)c2)nc2ccccc21)c1ccccc1. The zero-order valence-corrected chi connectivity index (χ0v) is 17.1. The summed E-state index contributed by atoms with van der Waals surface area (Å²) in [5.41, 5.74) is 2.86. The third-order valence-corrected chi connectivity index (χ3v) is 5.12. The number of Topliss-reactive ketones (excluding diaryl/α,β-unsaturated/α-hetero) is 1. The van der Waals surface area contributed by atoms with Crippen LogP contribution in [-0.2, 0) is 13.1 Å². The smallest absolute Gasteiger partial charge is 0.251 e. The van der Waals surface area contributed by atoms with Crippen molar-refractivity contribution in [2.24, 2.45) is 0 Å². The van der Waals surface area contributed by atoms with Gasteiger partial charge in [-0.3, -0.25) is 9.59 Å². The highest BCUT2D eigenvalue weighted by molar-refractivity contribution is 9.10. The molecule has 3 aromatic carbocycles. The summed E-state index contributed by atoms with van der Waals surface area (Å²) in [7, 11) is 0. The highest BCUT2D eigenvalue weighted by Crippen LogP contribution is 2.18. The lowest BCUT2D eigenvalue weighted by Crippen LogP contribution is -2.25. The largest absolute Gasteiger partial charge is 0.345 e. The minimum atomic E-state index is -0.195. The molecule has 0 saturated heterocycles. The molecule has 5 nitrogen and oxygen atoms in total. The van der Waals surface area contributed by atoms with E-state index in [0.29, 0.717) is 17.0 Å². The number of imidazole rings is 1. The second-order valence-corrected chi connectivity index (χ2v) is 7.50. The van der Waals surface area contributed by atoms with E-state index in [1.807, 2.05) is 59.2 Å². The van der Waals surface area contributed by atoms with E-state index in [2.05, 4.69) is 26.2 Å². The Hall–Kier alpha value is -3.25. The van der Waals surface area contributed by atoms with Crippen LogP contribution < -0.4 is 5.32 Å². The lowest BCUT2D eigenvalue weighted by Gasteiger charge is -2.10. The molecule has 0 radical (unpaired) electrons. The van der Waals surface area contributed by atoms with Gasteiger partial charge in [-0.15, -0.1) is 0 Å². The van der Waals surface area contributed by atoms with E-state index in [1.165, 1.54) is 0 Å². The summed E-state index contributed by atoms with van der Waals surface area (Å²) in [6.07, 6.45) is 0. The van der Waals surface area contributed by atoms with Crippen LogP contribution >= 0.6 is 15.9 Å². The topological polar surface area (TPSA) is 64.0 Å². The number of carbonyl (C=O) groups is 2. The fourth-order valence-corrected chi connectivity index (χ4v) is 3.59. The first-order valence-corrected chi connectivity index (χ1v) is 9.97. The van der Waals surface area contributed by atoms with Crippen molar-refractivity contribution in [3.63, 3.8) is 0 Å². The number of rotatable bonds is 6. The molecule has 0 atom stereocenters. The van der Waals surface area contributed by atoms with E-state index in [1.54, 1.807) is 24.3 Å². The van der Waals surface area contributed by atoms with Gasteiger partial charge in [0.15, 0.2) is 5.78 Å². The number of fused-ring (bicyclic) bond motifs is 1. The number of benzene rings is 3. The Labute approximate surface area is 176 Å². The maximum Gasteiger partial charge on any atom is 0.251 e. The third kappa shape index (κ3) is 4.27. The van der Waals surface area contributed by atoms with Crippen LogP contribution in [0.4, 0.5) is 0 Å². The number of para-hydroxylation sites is 2. The Morgan fingerprint density at radius 3 is 2.41 bits per heavy atom. The van der Waals surface area contributed by atoms with Gasteiger partial charge in [0.25, 0.3) is 5.91 Å². The monoisotopic (exact) mass is 447 g/mol. The number of amides is 1. The molecule has 1 heterocycles. The summed E-state index contributed by atoms with van der Waals surface area (Å²) < 4.78 is 2.71. The van der Waals surface area contributed by atoms with Crippen LogP contribution in [-0.4, -0.2) is 21.2 Å². The molecule has 4 rings (SSSR count). The van der Waals surface area contributed by atoms with Crippen molar-refractivity contribution in [2.45, 2.75) is 13.1 Å². The van der Waals surface area contributed by atoms with E-state index >= 15 is 0 Å². The number of halogens is 1. The molecule has 0 aliphatic rings. The standard InChI is InChI=1S/C23H18BrN3O2/c24-18-10-6-9-17(13-18)23(29)25-14-22-26-19-11-4-5-12-20(19)27(22)15-21(28)16-7-2-1-3-8-16/h1-13H,14-15H2,(H,25,29). The number of hydrogen-bond acceptors (Lipinski definition) is 3. The van der Waals surface area contributed by atoms with Gasteiger partial charge in [0, 0.05) is 15.6 Å². The molecule has 1 aromatic heterocycles. The van der Waals surface area contributed by atoms with Gasteiger partial charge >= 0.3 is 0 Å². The molecule has 0 spiro atoms. The molecule has 0 unspecified atom stereocenters. The van der Waals surface area contributed by atoms with E-state index in [0.717, 1.165) is 15.5 Å². The number of nitrogens with zero attached hydrogens (tertiary/aromatic N) is 2. The van der Waals surface area contributed by atoms with Crippen molar-refractivity contribution in [1.82, 2.24) is 14.9 Å². The maximum atomic E-state index is 12.8. The maximum absolute atomic E-state index is 12.8. The average molecular weight is 448 g/mol. The van der Waals surface area contributed by atoms with Gasteiger partial charge in [0.2, 0.25) is 0 Å². The first-order chi connectivity index (χ1) is 14.1. The summed E-state index contributed by atoms with van der Waals surface area (Å²) in [5, 5.41) is 2.90. The van der Waals surface area contributed by atoms with Gasteiger partial charge in [-0.25, -0.2) is 4.98 Å². The third-order valence-electron chi connectivity index (χ3n) is 4.62. The van der Waals surface area contributed by atoms with Crippen LogP contribution in [0.1, 0.15) is 26.5 Å². The van der Waals surface area contributed by atoms with Crippen molar-refractivity contribution in [3.05, 3.63) is 100 Å². The van der Waals surface area contributed by atoms with Crippen molar-refractivity contribution >= 4 is 38.7 Å². The minimum absolute atomic E-state index is 0.00619. The molecule has 0 aliphatic carbocycles. The van der Waals surface area contributed by atoms with Gasteiger partial charge in [0.1, 0.15) is 5.82 Å². The summed E-state index contributed by atoms with van der Waals surface area (Å²) in [6.45, 7) is 0.384. The molecular weight excluding hydrogens is 430 g/mol. The number of nitrogens with one attached hydrogen (secondary N) is 1. The Bertz CT molecular complexity index is 1190. The molecule has 1 amide bonds. The molecule has 0 fully saturated rings. The number of aromatic nitrogens is 2. The van der Waals surface area contributed by atoms with Gasteiger partial charge < -0.3 is 9.88 Å². The molecule has 144 valence electrons. The van der Waals surface area contributed by atoms with Crippen LogP contribution in [0.5, 0.6) is 0 Å². The van der Waals surface area contributed by atoms with Gasteiger partial charge in [-0.2, -0.15) is 0 Å². The molecule has 0 aliphatic heterocycles. The Morgan fingerprint density at radius 2 is 1.62 bits per heavy atom. The van der Waals surface area contributed by atoms with Crippen molar-refractivity contribution < 1.29 is 9.59 Å². The summed E-state index contributed by atoms with van der Waals surface area (Å²) in [6, 6.07) is 24.0. The predicted molar refractivity (Wildman–Crippen MR) is 116 cm³/mol. The quantitative estimate of drug-likeness (QED) is 0.438. The first kappa shape index (κ1) is 19.1. The van der Waals surface area contributed by atoms with Gasteiger partial charge in [-0.05, 0) is 30.3 Å². The van der Waals surface area contributed by atoms with Crippen LogP contribution in [0, 0.1) is 0 Å². The zero-order valence-electron chi connectivity index (χ0n) is 15.5. The van der Waals surface area contributed by atoms with Crippen LogP contribution in [0.2, 0.25) is 0 Å². The van der Waals surface area contributed by atoms with Crippen molar-refractivity contribution in [3.8, 4) is 0 Å². The van der Waals surface area contributed by atoms with E-state index in [-0.39, 0.29) is 24.8 Å². The van der Waals surface area contributed by atoms with Gasteiger partial charge in [-0.1, -0.05) is 64.5 Å².